The second-order valence-corrected chi connectivity index (χ2v) is 9.52. The number of aromatic nitrogens is 3. The summed E-state index contributed by atoms with van der Waals surface area (Å²) in [6.07, 6.45) is 3.47. The summed E-state index contributed by atoms with van der Waals surface area (Å²) in [5, 5.41) is 8.44. The normalized spacial score (nSPS) is 15.8. The van der Waals surface area contributed by atoms with Crippen molar-refractivity contribution in [3.8, 4) is 5.82 Å². The number of nitrogens with zero attached hydrogens (tertiary/aromatic N) is 6. The molecule has 0 spiro atoms. The number of nitrogens with one attached hydrogen (secondary N) is 1. The van der Waals surface area contributed by atoms with Crippen LogP contribution in [-0.2, 0) is 0 Å². The van der Waals surface area contributed by atoms with Crippen molar-refractivity contribution in [2.75, 3.05) is 10.2 Å². The molecule has 0 saturated heterocycles. The highest BCUT2D eigenvalue weighted by atomic mass is 16.3. The lowest BCUT2D eigenvalue weighted by Gasteiger charge is -2.39. The van der Waals surface area contributed by atoms with Crippen LogP contribution in [0.1, 0.15) is 34.2 Å². The maximum absolute atomic E-state index is 6.04. The van der Waals surface area contributed by atoms with Gasteiger partial charge >= 0.3 is 0 Å². The van der Waals surface area contributed by atoms with Gasteiger partial charge in [0, 0.05) is 11.9 Å². The predicted octanol–water partition coefficient (Wildman–Crippen LogP) is 6.58. The quantitative estimate of drug-likeness (QED) is 0.303. The molecule has 0 aliphatic carbocycles. The average molecular weight is 500 g/mol. The predicted molar refractivity (Wildman–Crippen MR) is 149 cm³/mol. The largest absolute Gasteiger partial charge is 0.467 e. The Bertz CT molecular complexity index is 1730. The molecule has 2 aliphatic heterocycles. The Labute approximate surface area is 220 Å². The van der Waals surface area contributed by atoms with Gasteiger partial charge in [-0.3, -0.25) is 0 Å². The molecule has 3 aromatic heterocycles. The molecule has 2 aromatic carbocycles. The molecule has 0 fully saturated rings. The van der Waals surface area contributed by atoms with Gasteiger partial charge in [-0.05, 0) is 80.4 Å². The standard InChI is InChI=1S/C30H25N7O/c1-18-13-14-21(17-19(18)2)32-28-30-34-29-26(20(3)35-37(29)25-12-6-7-15-31-25)27(24-11-8-16-38-24)36(30)23-10-5-4-9-22(23)33-28/h4-17,27H,1-3H3,(H,32,33)/t27-/m0/s1. The third-order valence-corrected chi connectivity index (χ3v) is 7.09. The minimum atomic E-state index is -0.293. The molecular formula is C30H25N7O. The Hall–Kier alpha value is -4.98. The van der Waals surface area contributed by atoms with E-state index in [0.717, 1.165) is 34.1 Å². The van der Waals surface area contributed by atoms with Crippen LogP contribution in [-0.4, -0.2) is 26.4 Å². The van der Waals surface area contributed by atoms with Gasteiger partial charge in [0.2, 0.25) is 0 Å². The molecule has 38 heavy (non-hydrogen) atoms. The zero-order valence-corrected chi connectivity index (χ0v) is 21.3. The van der Waals surface area contributed by atoms with Crippen LogP contribution in [0.3, 0.4) is 0 Å². The zero-order chi connectivity index (χ0) is 25.8. The van der Waals surface area contributed by atoms with E-state index in [1.54, 1.807) is 17.1 Å². The number of furan rings is 1. The Morgan fingerprint density at radius 1 is 0.868 bits per heavy atom. The monoisotopic (exact) mass is 499 g/mol. The van der Waals surface area contributed by atoms with Gasteiger partial charge in [-0.15, -0.1) is 0 Å². The number of para-hydroxylation sites is 2. The lowest BCUT2D eigenvalue weighted by atomic mass is 9.98. The topological polar surface area (TPSA) is 83.8 Å². The number of anilines is 2. The molecule has 0 amide bonds. The number of aliphatic imine (C=N–C) groups is 2. The Morgan fingerprint density at radius 2 is 1.74 bits per heavy atom. The molecule has 0 radical (unpaired) electrons. The molecule has 0 saturated carbocycles. The minimum Gasteiger partial charge on any atom is -0.467 e. The Balaban J connectivity index is 1.48. The van der Waals surface area contributed by atoms with E-state index < -0.39 is 0 Å². The molecule has 8 heteroatoms. The lowest BCUT2D eigenvalue weighted by molar-refractivity contribution is 0.487. The highest BCUT2D eigenvalue weighted by Gasteiger charge is 2.42. The van der Waals surface area contributed by atoms with Crippen molar-refractivity contribution in [3.05, 3.63) is 113 Å². The van der Waals surface area contributed by atoms with E-state index in [4.69, 9.17) is 19.5 Å². The Kier molecular flexibility index (Phi) is 5.00. The fraction of sp³-hybridized carbons (Fsp3) is 0.133. The first-order valence-corrected chi connectivity index (χ1v) is 12.5. The summed E-state index contributed by atoms with van der Waals surface area (Å²) in [6, 6.07) is 23.8. The number of hydrogen-bond acceptors (Lipinski definition) is 7. The zero-order valence-electron chi connectivity index (χ0n) is 21.3. The van der Waals surface area contributed by atoms with E-state index >= 15 is 0 Å². The van der Waals surface area contributed by atoms with Crippen molar-refractivity contribution >= 4 is 34.6 Å². The van der Waals surface area contributed by atoms with Gasteiger partial charge in [0.25, 0.3) is 0 Å². The molecule has 2 aliphatic rings. The molecule has 1 atom stereocenters. The summed E-state index contributed by atoms with van der Waals surface area (Å²) < 4.78 is 7.84. The van der Waals surface area contributed by atoms with Gasteiger partial charge in [-0.2, -0.15) is 9.78 Å². The van der Waals surface area contributed by atoms with E-state index in [1.165, 1.54) is 11.1 Å². The fourth-order valence-electron chi connectivity index (χ4n) is 5.11. The maximum Gasteiger partial charge on any atom is 0.179 e. The van der Waals surface area contributed by atoms with E-state index in [2.05, 4.69) is 53.3 Å². The van der Waals surface area contributed by atoms with Crippen molar-refractivity contribution in [1.29, 1.82) is 0 Å². The fourth-order valence-corrected chi connectivity index (χ4v) is 5.11. The van der Waals surface area contributed by atoms with Gasteiger partial charge in [0.15, 0.2) is 23.3 Å². The number of rotatable bonds is 3. The number of fused-ring (bicyclic) bond motifs is 4. The molecule has 186 valence electrons. The van der Waals surface area contributed by atoms with Crippen molar-refractivity contribution in [3.63, 3.8) is 0 Å². The summed E-state index contributed by atoms with van der Waals surface area (Å²) in [6.45, 7) is 6.22. The number of aryl methyl sites for hydroxylation is 3. The van der Waals surface area contributed by atoms with Crippen LogP contribution in [0.4, 0.5) is 22.9 Å². The molecule has 0 bridgehead atoms. The first-order chi connectivity index (χ1) is 18.6. The highest BCUT2D eigenvalue weighted by Crippen LogP contribution is 2.48. The average Bonchev–Trinajstić information content (AvgIpc) is 3.59. The number of hydrogen-bond donors (Lipinski definition) is 1. The first-order valence-electron chi connectivity index (χ1n) is 12.5. The van der Waals surface area contributed by atoms with Crippen LogP contribution in [0.5, 0.6) is 0 Å². The number of pyridine rings is 1. The van der Waals surface area contributed by atoms with Gasteiger partial charge in [-0.1, -0.05) is 24.3 Å². The summed E-state index contributed by atoms with van der Waals surface area (Å²) in [4.78, 5) is 17.0. The summed E-state index contributed by atoms with van der Waals surface area (Å²) >= 11 is 0. The van der Waals surface area contributed by atoms with Crippen LogP contribution in [0.15, 0.2) is 99.7 Å². The number of amidine groups is 2. The van der Waals surface area contributed by atoms with E-state index in [1.807, 2.05) is 55.5 Å². The minimum absolute atomic E-state index is 0.293. The molecule has 8 nitrogen and oxygen atoms in total. The van der Waals surface area contributed by atoms with Gasteiger partial charge in [0.05, 0.1) is 28.9 Å². The summed E-state index contributed by atoms with van der Waals surface area (Å²) in [7, 11) is 0. The summed E-state index contributed by atoms with van der Waals surface area (Å²) in [5.74, 6) is 3.55. The smallest absolute Gasteiger partial charge is 0.179 e. The SMILES string of the molecule is Cc1ccc(NC2=Nc3ccccc3N3C2=Nc2c(c(C)nn2-c2ccccn2)[C@@H]3c2ccco2)cc1C. The summed E-state index contributed by atoms with van der Waals surface area (Å²) in [5.41, 5.74) is 7.02. The number of benzene rings is 2. The molecule has 7 rings (SSSR count). The maximum atomic E-state index is 6.04. The van der Waals surface area contributed by atoms with Crippen LogP contribution >= 0.6 is 0 Å². The second kappa shape index (κ2) is 8.55. The van der Waals surface area contributed by atoms with E-state index in [-0.39, 0.29) is 6.04 Å². The van der Waals surface area contributed by atoms with Crippen LogP contribution in [0, 0.1) is 20.8 Å². The lowest BCUT2D eigenvalue weighted by Crippen LogP contribution is -2.46. The molecule has 1 N–H and O–H groups in total. The van der Waals surface area contributed by atoms with Crippen LogP contribution in [0.25, 0.3) is 5.82 Å². The third-order valence-electron chi connectivity index (χ3n) is 7.09. The van der Waals surface area contributed by atoms with Crippen LogP contribution in [0.2, 0.25) is 0 Å². The Morgan fingerprint density at radius 3 is 2.53 bits per heavy atom. The van der Waals surface area contributed by atoms with E-state index in [9.17, 15) is 0 Å². The van der Waals surface area contributed by atoms with Gasteiger partial charge in [-0.25, -0.2) is 15.0 Å². The van der Waals surface area contributed by atoms with Gasteiger partial charge in [0.1, 0.15) is 11.8 Å². The highest BCUT2D eigenvalue weighted by molar-refractivity contribution is 6.51. The van der Waals surface area contributed by atoms with Crippen molar-refractivity contribution in [1.82, 2.24) is 14.8 Å². The van der Waals surface area contributed by atoms with E-state index in [0.29, 0.717) is 23.3 Å². The van der Waals surface area contributed by atoms with Crippen molar-refractivity contribution in [2.24, 2.45) is 9.98 Å². The molecule has 0 unspecified atom stereocenters. The van der Waals surface area contributed by atoms with Crippen molar-refractivity contribution < 1.29 is 4.42 Å². The molecular weight excluding hydrogens is 474 g/mol. The first kappa shape index (κ1) is 22.2. The van der Waals surface area contributed by atoms with Crippen LogP contribution < -0.4 is 10.2 Å². The second-order valence-electron chi connectivity index (χ2n) is 9.52. The molecule has 5 heterocycles. The third kappa shape index (κ3) is 3.45. The molecule has 5 aromatic rings. The van der Waals surface area contributed by atoms with Gasteiger partial charge < -0.3 is 14.6 Å². The van der Waals surface area contributed by atoms with Crippen molar-refractivity contribution in [2.45, 2.75) is 26.8 Å².